The average Bonchev–Trinajstić information content (AvgIpc) is 3.20. The van der Waals surface area contributed by atoms with Crippen LogP contribution in [0.25, 0.3) is 5.65 Å². The Morgan fingerprint density at radius 2 is 2.00 bits per heavy atom. The number of hydrogen-bond donors (Lipinski definition) is 2. The van der Waals surface area contributed by atoms with E-state index in [1.165, 1.54) is 6.07 Å². The van der Waals surface area contributed by atoms with Crippen molar-refractivity contribution in [3.63, 3.8) is 0 Å². The van der Waals surface area contributed by atoms with E-state index >= 15 is 0 Å². The van der Waals surface area contributed by atoms with Gasteiger partial charge in [0.1, 0.15) is 11.5 Å². The number of amides is 1. The van der Waals surface area contributed by atoms with Crippen molar-refractivity contribution in [2.45, 2.75) is 17.7 Å². The number of sulfonamides is 1. The summed E-state index contributed by atoms with van der Waals surface area (Å²) in [5, 5.41) is 2.84. The maximum atomic E-state index is 12.0. The number of amidine groups is 1. The van der Waals surface area contributed by atoms with Crippen molar-refractivity contribution in [3.05, 3.63) is 66.1 Å². The zero-order valence-corrected chi connectivity index (χ0v) is 15.8. The summed E-state index contributed by atoms with van der Waals surface area (Å²) in [5.41, 5.74) is 2.32. The predicted octanol–water partition coefficient (Wildman–Crippen LogP) is 1.12. The van der Waals surface area contributed by atoms with Crippen LogP contribution < -0.4 is 10.0 Å². The van der Waals surface area contributed by atoms with E-state index in [2.05, 4.69) is 20.0 Å². The number of hydrogen-bond acceptors (Lipinski definition) is 5. The molecule has 0 atom stereocenters. The van der Waals surface area contributed by atoms with Gasteiger partial charge >= 0.3 is 0 Å². The largest absolute Gasteiger partial charge is 0.356 e. The van der Waals surface area contributed by atoms with E-state index in [0.717, 1.165) is 11.3 Å². The highest BCUT2D eigenvalue weighted by atomic mass is 32.2. The van der Waals surface area contributed by atoms with Crippen LogP contribution in [0.1, 0.15) is 17.7 Å². The average molecular weight is 397 g/mol. The van der Waals surface area contributed by atoms with Gasteiger partial charge in [0, 0.05) is 37.3 Å². The molecule has 1 amide bonds. The molecule has 0 bridgehead atoms. The summed E-state index contributed by atoms with van der Waals surface area (Å²) in [4.78, 5) is 20.9. The minimum absolute atomic E-state index is 0.137. The predicted molar refractivity (Wildman–Crippen MR) is 105 cm³/mol. The summed E-state index contributed by atoms with van der Waals surface area (Å²) in [6.45, 7) is 0.682. The standard InChI is InChI=1S/C19H19N5O3S/c25-18(20-10-8-14-13-24-12-4-3-7-17(24)22-14)9-11-21-19-15-5-1-2-6-16(15)28(26,27)23-19/h1-7,12-13H,8-11H2,(H,20,25)(H,21,23). The first-order valence-corrected chi connectivity index (χ1v) is 10.4. The molecule has 1 aromatic carbocycles. The molecule has 9 heteroatoms. The molecule has 0 radical (unpaired) electrons. The van der Waals surface area contributed by atoms with Gasteiger partial charge in [0.2, 0.25) is 5.91 Å². The Morgan fingerprint density at radius 3 is 2.86 bits per heavy atom. The van der Waals surface area contributed by atoms with Crippen LogP contribution in [-0.2, 0) is 21.2 Å². The Hall–Kier alpha value is -3.20. The summed E-state index contributed by atoms with van der Waals surface area (Å²) in [7, 11) is -3.55. The Bertz CT molecular complexity index is 1130. The first-order valence-electron chi connectivity index (χ1n) is 8.89. The number of nitrogens with one attached hydrogen (secondary N) is 2. The van der Waals surface area contributed by atoms with Gasteiger partial charge in [-0.2, -0.15) is 0 Å². The van der Waals surface area contributed by atoms with Crippen LogP contribution in [0.3, 0.4) is 0 Å². The van der Waals surface area contributed by atoms with Crippen LogP contribution >= 0.6 is 0 Å². The molecule has 1 aliphatic rings. The number of aliphatic imine (C=N–C) groups is 1. The molecule has 3 heterocycles. The molecule has 0 saturated carbocycles. The zero-order valence-electron chi connectivity index (χ0n) is 15.0. The number of carbonyl (C=O) groups excluding carboxylic acids is 1. The lowest BCUT2D eigenvalue weighted by molar-refractivity contribution is -0.120. The number of rotatable bonds is 6. The van der Waals surface area contributed by atoms with E-state index in [1.54, 1.807) is 18.2 Å². The van der Waals surface area contributed by atoms with Crippen LogP contribution in [-0.4, -0.2) is 42.6 Å². The molecule has 0 aliphatic carbocycles. The topological polar surface area (TPSA) is 105 Å². The van der Waals surface area contributed by atoms with Gasteiger partial charge in [-0.15, -0.1) is 0 Å². The Labute approximate surface area is 162 Å². The van der Waals surface area contributed by atoms with E-state index < -0.39 is 10.0 Å². The van der Waals surface area contributed by atoms with Gasteiger partial charge in [-0.05, 0) is 24.3 Å². The van der Waals surface area contributed by atoms with Gasteiger partial charge < -0.3 is 9.72 Å². The van der Waals surface area contributed by atoms with E-state index in [9.17, 15) is 13.2 Å². The summed E-state index contributed by atoms with van der Waals surface area (Å²) in [6.07, 6.45) is 4.68. The van der Waals surface area contributed by atoms with Crippen LogP contribution in [0, 0.1) is 0 Å². The van der Waals surface area contributed by atoms with Crippen molar-refractivity contribution >= 4 is 27.4 Å². The fourth-order valence-electron chi connectivity index (χ4n) is 3.05. The third kappa shape index (κ3) is 3.74. The fraction of sp³-hybridized carbons (Fsp3) is 0.211. The molecular formula is C19H19N5O3S. The lowest BCUT2D eigenvalue weighted by atomic mass is 10.2. The smallest absolute Gasteiger partial charge is 0.263 e. The summed E-state index contributed by atoms with van der Waals surface area (Å²) in [5.74, 6) is 0.148. The van der Waals surface area contributed by atoms with E-state index in [1.807, 2.05) is 35.0 Å². The summed E-state index contributed by atoms with van der Waals surface area (Å²) < 4.78 is 28.4. The Morgan fingerprint density at radius 1 is 1.18 bits per heavy atom. The van der Waals surface area contributed by atoms with E-state index in [-0.39, 0.29) is 29.6 Å². The molecule has 144 valence electrons. The van der Waals surface area contributed by atoms with Gasteiger partial charge in [-0.3, -0.25) is 14.5 Å². The zero-order chi connectivity index (χ0) is 19.6. The van der Waals surface area contributed by atoms with Crippen molar-refractivity contribution in [3.8, 4) is 0 Å². The minimum Gasteiger partial charge on any atom is -0.356 e. The van der Waals surface area contributed by atoms with Crippen molar-refractivity contribution in [2.75, 3.05) is 13.1 Å². The Balaban J connectivity index is 1.28. The highest BCUT2D eigenvalue weighted by molar-refractivity contribution is 7.90. The summed E-state index contributed by atoms with van der Waals surface area (Å²) in [6, 6.07) is 12.4. The molecule has 3 aromatic rings. The maximum absolute atomic E-state index is 12.0. The van der Waals surface area contributed by atoms with Crippen molar-refractivity contribution in [2.24, 2.45) is 4.99 Å². The molecule has 28 heavy (non-hydrogen) atoms. The number of aromatic nitrogens is 2. The molecule has 0 fully saturated rings. The number of imidazole rings is 1. The third-order valence-corrected chi connectivity index (χ3v) is 5.79. The quantitative estimate of drug-likeness (QED) is 0.650. The van der Waals surface area contributed by atoms with Crippen LogP contribution in [0.5, 0.6) is 0 Å². The number of fused-ring (bicyclic) bond motifs is 2. The number of nitrogens with zero attached hydrogens (tertiary/aromatic N) is 3. The van der Waals surface area contributed by atoms with Gasteiger partial charge in [-0.1, -0.05) is 18.2 Å². The molecule has 0 unspecified atom stereocenters. The second-order valence-corrected chi connectivity index (χ2v) is 8.03. The second kappa shape index (κ2) is 7.43. The SMILES string of the molecule is O=C(CCN=C1NS(=O)(=O)c2ccccc21)NCCc1cn2ccccc2n1. The Kier molecular flexibility index (Phi) is 4.82. The molecule has 8 nitrogen and oxygen atoms in total. The number of benzene rings is 1. The van der Waals surface area contributed by atoms with E-state index in [0.29, 0.717) is 18.5 Å². The molecular weight excluding hydrogens is 378 g/mol. The maximum Gasteiger partial charge on any atom is 0.263 e. The lowest BCUT2D eigenvalue weighted by Gasteiger charge is -2.03. The van der Waals surface area contributed by atoms with Crippen molar-refractivity contribution in [1.29, 1.82) is 0 Å². The second-order valence-electron chi connectivity index (χ2n) is 6.38. The third-order valence-electron chi connectivity index (χ3n) is 4.39. The van der Waals surface area contributed by atoms with Gasteiger partial charge in [0.25, 0.3) is 10.0 Å². The molecule has 2 aromatic heterocycles. The molecule has 4 rings (SSSR count). The van der Waals surface area contributed by atoms with Gasteiger partial charge in [0.05, 0.1) is 17.1 Å². The van der Waals surface area contributed by atoms with E-state index in [4.69, 9.17) is 0 Å². The molecule has 1 aliphatic heterocycles. The molecule has 0 saturated heterocycles. The van der Waals surface area contributed by atoms with Crippen LogP contribution in [0.4, 0.5) is 0 Å². The minimum atomic E-state index is -3.55. The van der Waals surface area contributed by atoms with Crippen LogP contribution in [0.2, 0.25) is 0 Å². The van der Waals surface area contributed by atoms with Crippen molar-refractivity contribution < 1.29 is 13.2 Å². The lowest BCUT2D eigenvalue weighted by Crippen LogP contribution is -2.27. The van der Waals surface area contributed by atoms with Crippen molar-refractivity contribution in [1.82, 2.24) is 19.4 Å². The normalized spacial score (nSPS) is 16.1. The first kappa shape index (κ1) is 18.2. The summed E-state index contributed by atoms with van der Waals surface area (Å²) >= 11 is 0. The van der Waals surface area contributed by atoms with Crippen LogP contribution in [0.15, 0.2) is 64.7 Å². The van der Waals surface area contributed by atoms with Gasteiger partial charge in [-0.25, -0.2) is 13.4 Å². The molecule has 0 spiro atoms. The number of pyridine rings is 1. The fourth-order valence-corrected chi connectivity index (χ4v) is 4.30. The highest BCUT2D eigenvalue weighted by Gasteiger charge is 2.29. The number of carbonyl (C=O) groups is 1. The molecule has 2 N–H and O–H groups in total. The van der Waals surface area contributed by atoms with Gasteiger partial charge in [0.15, 0.2) is 0 Å². The first-order chi connectivity index (χ1) is 13.5. The monoisotopic (exact) mass is 397 g/mol. The highest BCUT2D eigenvalue weighted by Crippen LogP contribution is 2.22.